The second-order valence-corrected chi connectivity index (χ2v) is 18.1. The number of hydrogen-bond acceptors (Lipinski definition) is 9. The van der Waals surface area contributed by atoms with E-state index in [2.05, 4.69) is 28.9 Å². The summed E-state index contributed by atoms with van der Waals surface area (Å²) in [5, 5.41) is 7.79. The van der Waals surface area contributed by atoms with Crippen LogP contribution in [-0.2, 0) is 0 Å². The molecule has 0 bridgehead atoms. The van der Waals surface area contributed by atoms with Crippen LogP contribution in [0.1, 0.15) is 57.8 Å². The molecule has 1 spiro atoms. The summed E-state index contributed by atoms with van der Waals surface area (Å²) in [6, 6.07) is 0. The Morgan fingerprint density at radius 3 is 1.16 bits per heavy atom. The largest absolute Gasteiger partial charge is 0.253 e. The van der Waals surface area contributed by atoms with Crippen LogP contribution in [0, 0.1) is 0 Å². The Kier molecular flexibility index (Phi) is 6.31. The number of nitrogens with one attached hydrogen (secondary N) is 2. The third-order valence-electron chi connectivity index (χ3n) is 7.60. The van der Waals surface area contributed by atoms with Crippen molar-refractivity contribution < 1.29 is 0 Å². The van der Waals surface area contributed by atoms with Gasteiger partial charge in [-0.2, -0.15) is 13.5 Å². The molecule has 5 saturated heterocycles. The molecule has 176 valence electrons. The Hall–Kier alpha value is 0.450. The van der Waals surface area contributed by atoms with Crippen LogP contribution >= 0.6 is 22.5 Å². The maximum absolute atomic E-state index is 6.06. The lowest BCUT2D eigenvalue weighted by atomic mass is 10.4. The van der Waals surface area contributed by atoms with E-state index in [1.807, 2.05) is 0 Å². The molecule has 0 saturated carbocycles. The Labute approximate surface area is 188 Å². The van der Waals surface area contributed by atoms with Crippen LogP contribution in [0.15, 0.2) is 13.5 Å². The Morgan fingerprint density at radius 2 is 0.774 bits per heavy atom. The normalized spacial score (nSPS) is 34.1. The SMILES string of the molecule is C1CNP2(=NP(N3CCCC3)(N3CCCC3)=NP(N3CCCC3)(N3CCCC3)=N2)NC1. The van der Waals surface area contributed by atoms with Crippen LogP contribution in [0.3, 0.4) is 0 Å². The van der Waals surface area contributed by atoms with E-state index in [-0.39, 0.29) is 0 Å². The van der Waals surface area contributed by atoms with Gasteiger partial charge in [0.05, 0.1) is 0 Å². The lowest BCUT2D eigenvalue weighted by Gasteiger charge is -2.48. The molecular weight excluding hydrogens is 447 g/mol. The molecule has 0 unspecified atom stereocenters. The lowest BCUT2D eigenvalue weighted by molar-refractivity contribution is 0.450. The van der Waals surface area contributed by atoms with Gasteiger partial charge < -0.3 is 0 Å². The van der Waals surface area contributed by atoms with Gasteiger partial charge in [-0.25, -0.2) is 18.7 Å². The molecule has 6 aliphatic heterocycles. The van der Waals surface area contributed by atoms with E-state index in [1.54, 1.807) is 0 Å². The summed E-state index contributed by atoms with van der Waals surface area (Å²) in [5.41, 5.74) is 0. The first-order valence-corrected chi connectivity index (χ1v) is 17.6. The van der Waals surface area contributed by atoms with Gasteiger partial charge in [0.2, 0.25) is 22.5 Å². The molecule has 6 heterocycles. The molecule has 0 aromatic heterocycles. The Bertz CT molecular complexity index is 749. The van der Waals surface area contributed by atoms with Crippen molar-refractivity contribution in [2.45, 2.75) is 57.8 Å². The fourth-order valence-corrected chi connectivity index (χ4v) is 21.1. The van der Waals surface area contributed by atoms with Crippen molar-refractivity contribution in [1.29, 1.82) is 0 Å². The molecule has 31 heavy (non-hydrogen) atoms. The molecule has 5 fully saturated rings. The average molecular weight is 488 g/mol. The zero-order chi connectivity index (χ0) is 20.8. The van der Waals surface area contributed by atoms with E-state index >= 15 is 0 Å². The van der Waals surface area contributed by atoms with Crippen LogP contribution in [0.4, 0.5) is 0 Å². The third-order valence-corrected chi connectivity index (χ3v) is 19.5. The second kappa shape index (κ2) is 8.91. The molecule has 0 radical (unpaired) electrons. The first kappa shape index (κ1) is 21.9. The third kappa shape index (κ3) is 3.81. The number of rotatable bonds is 4. The van der Waals surface area contributed by atoms with Gasteiger partial charge in [-0.05, 0) is 57.8 Å². The summed E-state index contributed by atoms with van der Waals surface area (Å²) < 4.78 is 28.6. The van der Waals surface area contributed by atoms with E-state index in [9.17, 15) is 0 Å². The van der Waals surface area contributed by atoms with Gasteiger partial charge in [0.1, 0.15) is 0 Å². The van der Waals surface area contributed by atoms with E-state index < -0.39 is 22.5 Å². The first-order chi connectivity index (χ1) is 15.2. The maximum Gasteiger partial charge on any atom is 0.221 e. The van der Waals surface area contributed by atoms with Gasteiger partial charge in [0.25, 0.3) is 0 Å². The summed E-state index contributed by atoms with van der Waals surface area (Å²) in [7, 11) is -6.41. The molecule has 9 nitrogen and oxygen atoms in total. The minimum Gasteiger partial charge on any atom is -0.253 e. The minimum absolute atomic E-state index is 1.04. The summed E-state index contributed by atoms with van der Waals surface area (Å²) in [6.45, 7) is 11.4. The fourth-order valence-electron chi connectivity index (χ4n) is 5.99. The quantitative estimate of drug-likeness (QED) is 0.555. The van der Waals surface area contributed by atoms with Crippen LogP contribution in [0.25, 0.3) is 0 Å². The maximum atomic E-state index is 6.06. The number of hydrogen-bond donors (Lipinski definition) is 2. The van der Waals surface area contributed by atoms with E-state index in [4.69, 9.17) is 13.5 Å². The highest BCUT2D eigenvalue weighted by Gasteiger charge is 2.50. The van der Waals surface area contributed by atoms with Gasteiger partial charge in [0.15, 0.2) is 0 Å². The van der Waals surface area contributed by atoms with Gasteiger partial charge in [-0.3, -0.25) is 10.2 Å². The van der Waals surface area contributed by atoms with Crippen molar-refractivity contribution in [3.8, 4) is 0 Å². The predicted molar refractivity (Wildman–Crippen MR) is 132 cm³/mol. The second-order valence-electron chi connectivity index (χ2n) is 9.76. The van der Waals surface area contributed by atoms with Gasteiger partial charge in [-0.15, -0.1) is 0 Å². The van der Waals surface area contributed by atoms with Crippen molar-refractivity contribution >= 4 is 22.5 Å². The molecule has 0 aliphatic carbocycles. The zero-order valence-corrected chi connectivity index (χ0v) is 21.6. The van der Waals surface area contributed by atoms with Crippen molar-refractivity contribution in [2.75, 3.05) is 65.4 Å². The molecule has 0 amide bonds. The van der Waals surface area contributed by atoms with Gasteiger partial charge in [0, 0.05) is 65.4 Å². The molecule has 0 aromatic carbocycles. The highest BCUT2D eigenvalue weighted by molar-refractivity contribution is 7.83. The summed E-state index contributed by atoms with van der Waals surface area (Å²) in [5.74, 6) is 0. The van der Waals surface area contributed by atoms with Crippen LogP contribution < -0.4 is 10.2 Å². The van der Waals surface area contributed by atoms with Crippen LogP contribution in [-0.4, -0.2) is 84.1 Å². The molecular formula is C19H40N9P3. The van der Waals surface area contributed by atoms with Crippen LogP contribution in [0.2, 0.25) is 0 Å². The molecule has 6 rings (SSSR count). The van der Waals surface area contributed by atoms with E-state index in [1.165, 1.54) is 57.8 Å². The predicted octanol–water partition coefficient (Wildman–Crippen LogP) is 4.80. The zero-order valence-electron chi connectivity index (χ0n) is 18.9. The molecule has 0 atom stereocenters. The smallest absolute Gasteiger partial charge is 0.221 e. The lowest BCUT2D eigenvalue weighted by Crippen LogP contribution is -2.36. The monoisotopic (exact) mass is 487 g/mol. The van der Waals surface area contributed by atoms with Gasteiger partial charge >= 0.3 is 0 Å². The van der Waals surface area contributed by atoms with Crippen molar-refractivity contribution in [3.05, 3.63) is 0 Å². The fraction of sp³-hybridized carbons (Fsp3) is 1.00. The van der Waals surface area contributed by atoms with E-state index in [0.717, 1.165) is 65.4 Å². The van der Waals surface area contributed by atoms with Gasteiger partial charge in [-0.1, -0.05) is 0 Å². The van der Waals surface area contributed by atoms with Crippen molar-refractivity contribution in [1.82, 2.24) is 28.9 Å². The highest BCUT2D eigenvalue weighted by Crippen LogP contribution is 2.81. The first-order valence-electron chi connectivity index (χ1n) is 12.7. The molecule has 12 heteroatoms. The molecule has 0 aromatic rings. The minimum atomic E-state index is -2.15. The highest BCUT2D eigenvalue weighted by atomic mass is 31.3. The summed E-state index contributed by atoms with van der Waals surface area (Å²) >= 11 is 0. The Morgan fingerprint density at radius 1 is 0.419 bits per heavy atom. The Balaban J connectivity index is 1.61. The topological polar surface area (TPSA) is 74.1 Å². The standard InChI is InChI=1S/C19H40N9P3/c1-2-13-25(12-1)30(26-14-3-4-15-26)22-29(20-10-9-11-21-29)23-31(24-30,27-16-5-6-17-27)28-18-7-8-19-28/h20-21H,1-19H2. The molecule has 6 aliphatic rings. The average Bonchev–Trinajstić information content (AvgIpc) is 3.62. The molecule has 2 N–H and O–H groups in total. The summed E-state index contributed by atoms with van der Waals surface area (Å²) in [4.78, 5) is 0. The van der Waals surface area contributed by atoms with Crippen LogP contribution in [0.5, 0.6) is 0 Å². The summed E-state index contributed by atoms with van der Waals surface area (Å²) in [6.07, 6.45) is 11.5. The van der Waals surface area contributed by atoms with Crippen molar-refractivity contribution in [3.63, 3.8) is 0 Å². The van der Waals surface area contributed by atoms with E-state index in [0.29, 0.717) is 0 Å². The number of nitrogens with zero attached hydrogens (tertiary/aromatic N) is 7. The van der Waals surface area contributed by atoms with Crippen molar-refractivity contribution in [2.24, 2.45) is 13.5 Å².